The van der Waals surface area contributed by atoms with Crippen molar-refractivity contribution in [3.8, 4) is 11.5 Å². The maximum Gasteiger partial charge on any atom is 0.266 e. The summed E-state index contributed by atoms with van der Waals surface area (Å²) in [4.78, 5) is 15.2. The summed E-state index contributed by atoms with van der Waals surface area (Å²) in [5.74, 6) is 1.41. The van der Waals surface area contributed by atoms with Gasteiger partial charge >= 0.3 is 0 Å². The minimum absolute atomic E-state index is 0.0307. The molecule has 32 heavy (non-hydrogen) atoms. The third-order valence-corrected chi connectivity index (χ3v) is 7.31. The van der Waals surface area contributed by atoms with Crippen molar-refractivity contribution in [3.05, 3.63) is 64.3 Å². The molecule has 4 nitrogen and oxygen atoms in total. The number of halogens is 1. The van der Waals surface area contributed by atoms with Gasteiger partial charge in [-0.3, -0.25) is 9.69 Å². The zero-order chi connectivity index (χ0) is 22.5. The molecule has 0 atom stereocenters. The fourth-order valence-corrected chi connectivity index (χ4v) is 5.43. The first-order valence-corrected chi connectivity index (χ1v) is 12.1. The third kappa shape index (κ3) is 5.33. The molecule has 7 heteroatoms. The maximum atomic E-state index is 13.8. The fraction of sp³-hybridized carbons (Fsp3) is 0.360. The summed E-state index contributed by atoms with van der Waals surface area (Å²) in [5.41, 5.74) is 1.29. The third-order valence-electron chi connectivity index (χ3n) is 5.94. The number of amides is 1. The van der Waals surface area contributed by atoms with E-state index >= 15 is 0 Å². The van der Waals surface area contributed by atoms with E-state index in [4.69, 9.17) is 21.7 Å². The Morgan fingerprint density at radius 3 is 2.72 bits per heavy atom. The average molecular weight is 472 g/mol. The van der Waals surface area contributed by atoms with E-state index in [0.29, 0.717) is 38.8 Å². The van der Waals surface area contributed by atoms with E-state index in [1.165, 1.54) is 43.5 Å². The molecule has 0 N–H and O–H groups in total. The van der Waals surface area contributed by atoms with Crippen LogP contribution < -0.4 is 9.47 Å². The summed E-state index contributed by atoms with van der Waals surface area (Å²) in [7, 11) is 1.55. The van der Waals surface area contributed by atoms with Gasteiger partial charge in [0.2, 0.25) is 0 Å². The zero-order valence-corrected chi connectivity index (χ0v) is 19.6. The topological polar surface area (TPSA) is 38.8 Å². The molecule has 0 spiro atoms. The Hall–Kier alpha value is -2.38. The smallest absolute Gasteiger partial charge is 0.266 e. The number of thioether (sulfide) groups is 1. The molecule has 1 heterocycles. The van der Waals surface area contributed by atoms with E-state index in [1.807, 2.05) is 18.2 Å². The first kappa shape index (κ1) is 22.8. The highest BCUT2D eigenvalue weighted by Gasteiger charge is 2.32. The number of thiocarbonyl (C=S) groups is 1. The van der Waals surface area contributed by atoms with Gasteiger partial charge < -0.3 is 9.47 Å². The molecule has 1 saturated carbocycles. The van der Waals surface area contributed by atoms with Crippen LogP contribution in [-0.2, 0) is 11.4 Å². The molecule has 0 radical (unpaired) electrons. The van der Waals surface area contributed by atoms with Crippen LogP contribution in [0.3, 0.4) is 0 Å². The Bertz CT molecular complexity index is 1030. The lowest BCUT2D eigenvalue weighted by Gasteiger charge is -2.17. The van der Waals surface area contributed by atoms with Crippen LogP contribution >= 0.6 is 24.0 Å². The van der Waals surface area contributed by atoms with Crippen molar-refractivity contribution >= 4 is 40.3 Å². The van der Waals surface area contributed by atoms with E-state index < -0.39 is 0 Å². The summed E-state index contributed by atoms with van der Waals surface area (Å²) in [6.45, 7) is 0.793. The molecule has 2 fully saturated rings. The highest BCUT2D eigenvalue weighted by Crippen LogP contribution is 2.36. The standard InChI is InChI=1S/C25H26FNO3S2/c1-29-22-14-18(10-11-21(22)30-16-19-8-4-5-9-20(19)26)15-23-24(28)27(25(31)32-23)13-12-17-6-2-3-7-17/h4-5,8-11,14-15,17H,2-3,6-7,12-13,16H2,1H3. The molecule has 2 aliphatic rings. The minimum atomic E-state index is -0.307. The Morgan fingerprint density at radius 1 is 1.19 bits per heavy atom. The Balaban J connectivity index is 1.43. The molecule has 2 aromatic rings. The molecule has 0 aromatic heterocycles. The van der Waals surface area contributed by atoms with Crippen molar-refractivity contribution in [1.29, 1.82) is 0 Å². The van der Waals surface area contributed by atoms with Crippen molar-refractivity contribution in [1.82, 2.24) is 4.90 Å². The van der Waals surface area contributed by atoms with Gasteiger partial charge in [0.15, 0.2) is 11.5 Å². The van der Waals surface area contributed by atoms with Crippen LogP contribution in [0, 0.1) is 11.7 Å². The molecule has 1 amide bonds. The number of methoxy groups -OCH3 is 1. The van der Waals surface area contributed by atoms with Gasteiger partial charge in [0.1, 0.15) is 16.7 Å². The number of hydrogen-bond donors (Lipinski definition) is 0. The van der Waals surface area contributed by atoms with Gasteiger partial charge in [0.25, 0.3) is 5.91 Å². The summed E-state index contributed by atoms with van der Waals surface area (Å²) < 4.78 is 25.7. The highest BCUT2D eigenvalue weighted by molar-refractivity contribution is 8.26. The van der Waals surface area contributed by atoms with Crippen molar-refractivity contribution in [2.75, 3.05) is 13.7 Å². The molecule has 0 bridgehead atoms. The Kier molecular flexibility index (Phi) is 7.48. The lowest BCUT2D eigenvalue weighted by Crippen LogP contribution is -2.30. The van der Waals surface area contributed by atoms with Crippen LogP contribution in [0.2, 0.25) is 0 Å². The summed E-state index contributed by atoms with van der Waals surface area (Å²) in [5, 5.41) is 0. The van der Waals surface area contributed by atoms with Gasteiger partial charge in [0.05, 0.1) is 12.0 Å². The van der Waals surface area contributed by atoms with Crippen molar-refractivity contribution < 1.29 is 18.7 Å². The van der Waals surface area contributed by atoms with Crippen LogP contribution in [-0.4, -0.2) is 28.8 Å². The van der Waals surface area contributed by atoms with Crippen LogP contribution in [0.25, 0.3) is 6.08 Å². The number of carbonyl (C=O) groups excluding carboxylic acids is 1. The molecular weight excluding hydrogens is 445 g/mol. The van der Waals surface area contributed by atoms with Gasteiger partial charge in [-0.05, 0) is 42.2 Å². The summed E-state index contributed by atoms with van der Waals surface area (Å²) >= 11 is 6.80. The Labute approximate surface area is 197 Å². The van der Waals surface area contributed by atoms with E-state index in [0.717, 1.165) is 12.0 Å². The first-order valence-electron chi connectivity index (χ1n) is 10.8. The van der Waals surface area contributed by atoms with Gasteiger partial charge in [-0.25, -0.2) is 4.39 Å². The number of hydrogen-bond acceptors (Lipinski definition) is 5. The largest absolute Gasteiger partial charge is 0.493 e. The predicted octanol–water partition coefficient (Wildman–Crippen LogP) is 6.19. The molecule has 1 aliphatic heterocycles. The lowest BCUT2D eigenvalue weighted by atomic mass is 10.0. The zero-order valence-electron chi connectivity index (χ0n) is 18.0. The van der Waals surface area contributed by atoms with Gasteiger partial charge in [-0.1, -0.05) is 73.9 Å². The number of ether oxygens (including phenoxy) is 2. The van der Waals surface area contributed by atoms with Gasteiger partial charge in [0, 0.05) is 12.1 Å². The van der Waals surface area contributed by atoms with Gasteiger partial charge in [-0.2, -0.15) is 0 Å². The molecular formula is C25H26FNO3S2. The number of carbonyl (C=O) groups is 1. The number of rotatable bonds is 8. The maximum absolute atomic E-state index is 13.8. The molecule has 1 saturated heterocycles. The molecule has 2 aromatic carbocycles. The summed E-state index contributed by atoms with van der Waals surface area (Å²) in [6, 6.07) is 11.9. The molecule has 1 aliphatic carbocycles. The SMILES string of the molecule is COc1cc(C=C2SC(=S)N(CCC3CCCC3)C2=O)ccc1OCc1ccccc1F. The predicted molar refractivity (Wildman–Crippen MR) is 130 cm³/mol. The second-order valence-corrected chi connectivity index (χ2v) is 9.74. The summed E-state index contributed by atoms with van der Waals surface area (Å²) in [6.07, 6.45) is 7.96. The second-order valence-electron chi connectivity index (χ2n) is 8.06. The molecule has 0 unspecified atom stereocenters. The normalized spacial score (nSPS) is 18.1. The number of benzene rings is 2. The van der Waals surface area contributed by atoms with E-state index in [1.54, 1.807) is 36.3 Å². The molecule has 168 valence electrons. The van der Waals surface area contributed by atoms with E-state index in [-0.39, 0.29) is 18.3 Å². The fourth-order valence-electron chi connectivity index (χ4n) is 4.12. The number of nitrogens with zero attached hydrogens (tertiary/aromatic N) is 1. The second kappa shape index (κ2) is 10.5. The van der Waals surface area contributed by atoms with Crippen LogP contribution in [0.15, 0.2) is 47.4 Å². The van der Waals surface area contributed by atoms with Crippen molar-refractivity contribution in [3.63, 3.8) is 0 Å². The van der Waals surface area contributed by atoms with Gasteiger partial charge in [-0.15, -0.1) is 0 Å². The monoisotopic (exact) mass is 471 g/mol. The van der Waals surface area contributed by atoms with Crippen molar-refractivity contribution in [2.45, 2.75) is 38.7 Å². The van der Waals surface area contributed by atoms with Crippen molar-refractivity contribution in [2.24, 2.45) is 5.92 Å². The van der Waals surface area contributed by atoms with E-state index in [9.17, 15) is 9.18 Å². The lowest BCUT2D eigenvalue weighted by molar-refractivity contribution is -0.122. The minimum Gasteiger partial charge on any atom is -0.493 e. The van der Waals surface area contributed by atoms with Crippen LogP contribution in [0.4, 0.5) is 4.39 Å². The quantitative estimate of drug-likeness (QED) is 0.339. The van der Waals surface area contributed by atoms with Crippen LogP contribution in [0.5, 0.6) is 11.5 Å². The highest BCUT2D eigenvalue weighted by atomic mass is 32.2. The van der Waals surface area contributed by atoms with Crippen LogP contribution in [0.1, 0.15) is 43.2 Å². The van der Waals surface area contributed by atoms with E-state index in [2.05, 4.69) is 0 Å². The Morgan fingerprint density at radius 2 is 1.97 bits per heavy atom. The first-order chi connectivity index (χ1) is 15.5. The molecule has 4 rings (SSSR count). The average Bonchev–Trinajstić information content (AvgIpc) is 3.40.